The third kappa shape index (κ3) is 5.53. The smallest absolute Gasteiger partial charge is 0.347 e. The van der Waals surface area contributed by atoms with Gasteiger partial charge in [-0.2, -0.15) is 0 Å². The summed E-state index contributed by atoms with van der Waals surface area (Å²) in [5, 5.41) is 3.05. The summed E-state index contributed by atoms with van der Waals surface area (Å²) in [5.41, 5.74) is 2.52. The maximum atomic E-state index is 13.2. The number of benzene rings is 1. The molecule has 6 nitrogen and oxygen atoms in total. The molecule has 0 saturated carbocycles. The zero-order valence-electron chi connectivity index (χ0n) is 18.5. The van der Waals surface area contributed by atoms with Crippen molar-refractivity contribution in [3.8, 4) is 16.3 Å². The van der Waals surface area contributed by atoms with E-state index in [-0.39, 0.29) is 5.43 Å². The number of unbranched alkanes of at least 4 members (excludes halogenated alkanes) is 3. The summed E-state index contributed by atoms with van der Waals surface area (Å²) in [6.45, 7) is 7.77. The number of carbonyl (C=O) groups excluding carboxylic acids is 1. The van der Waals surface area contributed by atoms with Crippen LogP contribution in [0.1, 0.15) is 57.7 Å². The second kappa shape index (κ2) is 10.6. The van der Waals surface area contributed by atoms with Gasteiger partial charge in [0, 0.05) is 17.1 Å². The molecule has 0 spiro atoms. The fraction of sp³-hybridized carbons (Fsp3) is 0.458. The van der Waals surface area contributed by atoms with E-state index in [0.29, 0.717) is 33.9 Å². The molecule has 0 amide bonds. The lowest BCUT2D eigenvalue weighted by atomic mass is 10.0. The highest BCUT2D eigenvalue weighted by molar-refractivity contribution is 7.13. The number of carbonyl (C=O) groups is 1. The number of rotatable bonds is 10. The predicted molar refractivity (Wildman–Crippen MR) is 123 cm³/mol. The molecule has 1 aromatic carbocycles. The molecule has 0 unspecified atom stereocenters. The number of esters is 1. The number of ether oxygens (including phenoxy) is 2. The Labute approximate surface area is 186 Å². The van der Waals surface area contributed by atoms with Crippen molar-refractivity contribution >= 4 is 28.3 Å². The molecular weight excluding hydrogens is 414 g/mol. The van der Waals surface area contributed by atoms with Gasteiger partial charge in [0.2, 0.25) is 5.43 Å². The number of hydrogen-bond acceptors (Lipinski definition) is 7. The Bertz CT molecular complexity index is 1100. The van der Waals surface area contributed by atoms with E-state index in [9.17, 15) is 9.59 Å². The minimum Gasteiger partial charge on any atom is -0.479 e. The van der Waals surface area contributed by atoms with Crippen molar-refractivity contribution in [3.05, 3.63) is 45.3 Å². The van der Waals surface area contributed by atoms with Crippen LogP contribution in [-0.4, -0.2) is 23.7 Å². The van der Waals surface area contributed by atoms with Crippen LogP contribution < -0.4 is 10.2 Å². The lowest BCUT2D eigenvalue weighted by Crippen LogP contribution is -2.26. The van der Waals surface area contributed by atoms with Gasteiger partial charge in [-0.15, -0.1) is 11.3 Å². The summed E-state index contributed by atoms with van der Waals surface area (Å²) in [7, 11) is 0. The van der Waals surface area contributed by atoms with E-state index in [1.807, 2.05) is 18.4 Å². The maximum Gasteiger partial charge on any atom is 0.347 e. The van der Waals surface area contributed by atoms with E-state index < -0.39 is 12.1 Å². The molecule has 1 atom stereocenters. The zero-order chi connectivity index (χ0) is 22.4. The van der Waals surface area contributed by atoms with Crippen molar-refractivity contribution in [3.63, 3.8) is 0 Å². The largest absolute Gasteiger partial charge is 0.479 e. The fourth-order valence-corrected chi connectivity index (χ4v) is 4.17. The average molecular weight is 444 g/mol. The average Bonchev–Trinajstić information content (AvgIpc) is 3.18. The molecule has 2 heterocycles. The van der Waals surface area contributed by atoms with Crippen LogP contribution in [0.25, 0.3) is 21.5 Å². The van der Waals surface area contributed by atoms with Crippen LogP contribution >= 0.6 is 11.3 Å². The first kappa shape index (κ1) is 23.0. The Kier molecular flexibility index (Phi) is 7.85. The van der Waals surface area contributed by atoms with E-state index in [2.05, 4.69) is 11.9 Å². The summed E-state index contributed by atoms with van der Waals surface area (Å²) in [6.07, 6.45) is 5.80. The molecule has 3 rings (SSSR count). The molecule has 3 aromatic rings. The third-order valence-electron chi connectivity index (χ3n) is 5.03. The van der Waals surface area contributed by atoms with E-state index >= 15 is 0 Å². The fourth-order valence-electron chi connectivity index (χ4n) is 3.37. The molecule has 0 aliphatic rings. The van der Waals surface area contributed by atoms with Crippen LogP contribution in [-0.2, 0) is 16.0 Å². The molecular formula is C24H29NO5S. The minimum absolute atomic E-state index is 0.115. The highest BCUT2D eigenvalue weighted by Crippen LogP contribution is 2.30. The zero-order valence-corrected chi connectivity index (χ0v) is 19.3. The Hall–Kier alpha value is -2.67. The van der Waals surface area contributed by atoms with Crippen LogP contribution in [0.3, 0.4) is 0 Å². The van der Waals surface area contributed by atoms with Gasteiger partial charge in [-0.3, -0.25) is 4.79 Å². The molecule has 0 fully saturated rings. The first-order chi connectivity index (χ1) is 14.9. The number of aromatic nitrogens is 1. The first-order valence-electron chi connectivity index (χ1n) is 10.8. The number of hydrogen-bond donors (Lipinski definition) is 0. The lowest BCUT2D eigenvalue weighted by Gasteiger charge is -2.17. The van der Waals surface area contributed by atoms with Crippen LogP contribution in [0.4, 0.5) is 0 Å². The van der Waals surface area contributed by atoms with Gasteiger partial charge in [0.05, 0.1) is 17.6 Å². The topological polar surface area (TPSA) is 78.6 Å². The maximum absolute atomic E-state index is 13.2. The summed E-state index contributed by atoms with van der Waals surface area (Å²) in [6, 6.07) is 3.54. The summed E-state index contributed by atoms with van der Waals surface area (Å²) < 4.78 is 16.8. The SMILES string of the molecule is CCCCCCc1cc2c(=O)c(-c3nc(C)cs3)coc2cc1O[C@@H](C)C(=O)OCC. The molecule has 0 aliphatic heterocycles. The Morgan fingerprint density at radius 3 is 2.71 bits per heavy atom. The van der Waals surface area contributed by atoms with Gasteiger partial charge < -0.3 is 13.9 Å². The number of aryl methyl sites for hydroxylation is 2. The molecule has 0 bridgehead atoms. The van der Waals surface area contributed by atoms with Crippen molar-refractivity contribution in [2.75, 3.05) is 6.61 Å². The summed E-state index contributed by atoms with van der Waals surface area (Å²) in [5.74, 6) is 0.126. The minimum atomic E-state index is -0.754. The highest BCUT2D eigenvalue weighted by Gasteiger charge is 2.20. The number of nitrogens with zero attached hydrogens (tertiary/aromatic N) is 1. The Balaban J connectivity index is 2.00. The molecule has 2 aromatic heterocycles. The summed E-state index contributed by atoms with van der Waals surface area (Å²) >= 11 is 1.42. The predicted octanol–water partition coefficient (Wildman–Crippen LogP) is 5.68. The quantitative estimate of drug-likeness (QED) is 0.296. The van der Waals surface area contributed by atoms with E-state index in [1.165, 1.54) is 17.6 Å². The van der Waals surface area contributed by atoms with Gasteiger partial charge in [-0.05, 0) is 45.2 Å². The molecule has 0 aliphatic carbocycles. The molecule has 7 heteroatoms. The monoisotopic (exact) mass is 443 g/mol. The van der Waals surface area contributed by atoms with Gasteiger partial charge in [-0.1, -0.05) is 26.2 Å². The molecule has 166 valence electrons. The van der Waals surface area contributed by atoms with Gasteiger partial charge in [0.25, 0.3) is 0 Å². The van der Waals surface area contributed by atoms with Gasteiger partial charge in [0.1, 0.15) is 22.6 Å². The van der Waals surface area contributed by atoms with E-state index in [0.717, 1.165) is 43.4 Å². The highest BCUT2D eigenvalue weighted by atomic mass is 32.1. The van der Waals surface area contributed by atoms with Crippen molar-refractivity contribution in [1.29, 1.82) is 0 Å². The van der Waals surface area contributed by atoms with Gasteiger partial charge in [-0.25, -0.2) is 9.78 Å². The van der Waals surface area contributed by atoms with Gasteiger partial charge in [0.15, 0.2) is 6.10 Å². The summed E-state index contributed by atoms with van der Waals surface area (Å²) in [4.78, 5) is 29.7. The first-order valence-corrected chi connectivity index (χ1v) is 11.7. The van der Waals surface area contributed by atoms with Crippen molar-refractivity contribution in [2.24, 2.45) is 0 Å². The third-order valence-corrected chi connectivity index (χ3v) is 6.02. The Morgan fingerprint density at radius 1 is 1.23 bits per heavy atom. The van der Waals surface area contributed by atoms with Gasteiger partial charge >= 0.3 is 5.97 Å². The Morgan fingerprint density at radius 2 is 2.03 bits per heavy atom. The molecule has 0 N–H and O–H groups in total. The molecule has 31 heavy (non-hydrogen) atoms. The van der Waals surface area contributed by atoms with Crippen LogP contribution in [0.5, 0.6) is 5.75 Å². The lowest BCUT2D eigenvalue weighted by molar-refractivity contribution is -0.150. The standard InChI is InChI=1S/C24H29NO5S/c1-5-7-8-9-10-17-11-18-21(12-20(17)30-16(4)24(27)28-6-2)29-13-19(22(18)26)23-25-15(3)14-31-23/h11-14,16H,5-10H2,1-4H3/t16-/m0/s1. The normalized spacial score (nSPS) is 12.1. The van der Waals surface area contributed by atoms with Crippen molar-refractivity contribution in [1.82, 2.24) is 4.98 Å². The van der Waals surface area contributed by atoms with E-state index in [4.69, 9.17) is 13.9 Å². The molecule has 0 radical (unpaired) electrons. The number of fused-ring (bicyclic) bond motifs is 1. The second-order valence-electron chi connectivity index (χ2n) is 7.55. The van der Waals surface area contributed by atoms with E-state index in [1.54, 1.807) is 19.9 Å². The number of thiazole rings is 1. The van der Waals surface area contributed by atoms with Crippen molar-refractivity contribution < 1.29 is 18.7 Å². The van der Waals surface area contributed by atoms with Crippen LogP contribution in [0.15, 0.2) is 33.0 Å². The van der Waals surface area contributed by atoms with Crippen LogP contribution in [0.2, 0.25) is 0 Å². The van der Waals surface area contributed by atoms with Crippen molar-refractivity contribution in [2.45, 2.75) is 65.9 Å². The van der Waals surface area contributed by atoms with Crippen LogP contribution in [0, 0.1) is 6.92 Å². The molecule has 0 saturated heterocycles. The second-order valence-corrected chi connectivity index (χ2v) is 8.41.